The Bertz CT molecular complexity index is 417. The standard InChI is InChI=1S/C17H25NS/c1-13-6-2-3-7-14(13)12-18-16-10-11-19-17-9-5-4-8-15(16)17/h4-5,8-9,13-14,16,18H,2-3,6-7,10-12H2,1H3. The average Bonchev–Trinajstić information content (AvgIpc) is 2.46. The van der Waals surface area contributed by atoms with Gasteiger partial charge in [0.2, 0.25) is 0 Å². The second-order valence-corrected chi connectivity index (χ2v) is 7.29. The van der Waals surface area contributed by atoms with E-state index in [0.717, 1.165) is 11.8 Å². The summed E-state index contributed by atoms with van der Waals surface area (Å²) in [4.78, 5) is 1.49. The smallest absolute Gasteiger partial charge is 0.0339 e. The van der Waals surface area contributed by atoms with Crippen molar-refractivity contribution >= 4 is 11.8 Å². The van der Waals surface area contributed by atoms with Gasteiger partial charge in [-0.15, -0.1) is 11.8 Å². The molecular weight excluding hydrogens is 250 g/mol. The minimum Gasteiger partial charge on any atom is -0.310 e. The Morgan fingerprint density at radius 3 is 2.89 bits per heavy atom. The molecule has 0 spiro atoms. The minimum atomic E-state index is 0.589. The molecule has 2 aliphatic rings. The van der Waals surface area contributed by atoms with E-state index in [1.807, 2.05) is 11.8 Å². The second kappa shape index (κ2) is 6.32. The minimum absolute atomic E-state index is 0.589. The quantitative estimate of drug-likeness (QED) is 0.862. The van der Waals surface area contributed by atoms with Crippen molar-refractivity contribution in [3.63, 3.8) is 0 Å². The Labute approximate surface area is 121 Å². The van der Waals surface area contributed by atoms with Gasteiger partial charge in [0.15, 0.2) is 0 Å². The van der Waals surface area contributed by atoms with Crippen LogP contribution in [0.2, 0.25) is 0 Å². The van der Waals surface area contributed by atoms with E-state index in [9.17, 15) is 0 Å². The maximum absolute atomic E-state index is 3.86. The van der Waals surface area contributed by atoms with Crippen LogP contribution >= 0.6 is 11.8 Å². The van der Waals surface area contributed by atoms with Gasteiger partial charge in [-0.2, -0.15) is 0 Å². The maximum atomic E-state index is 3.86. The third-order valence-electron chi connectivity index (χ3n) is 4.87. The fraction of sp³-hybridized carbons (Fsp3) is 0.647. The van der Waals surface area contributed by atoms with E-state index < -0.39 is 0 Å². The molecule has 0 aromatic heterocycles. The van der Waals surface area contributed by atoms with Gasteiger partial charge in [0.25, 0.3) is 0 Å². The van der Waals surface area contributed by atoms with Crippen molar-refractivity contribution in [2.45, 2.75) is 50.0 Å². The molecule has 1 aliphatic carbocycles. The number of thioether (sulfide) groups is 1. The summed E-state index contributed by atoms with van der Waals surface area (Å²) in [5.41, 5.74) is 1.53. The molecule has 19 heavy (non-hydrogen) atoms. The molecule has 1 nitrogen and oxygen atoms in total. The fourth-order valence-electron chi connectivity index (χ4n) is 3.54. The highest BCUT2D eigenvalue weighted by atomic mass is 32.2. The molecule has 1 fully saturated rings. The molecule has 1 heterocycles. The van der Waals surface area contributed by atoms with Gasteiger partial charge >= 0.3 is 0 Å². The Kier molecular flexibility index (Phi) is 4.49. The van der Waals surface area contributed by atoms with Gasteiger partial charge in [0, 0.05) is 10.9 Å². The Morgan fingerprint density at radius 1 is 1.16 bits per heavy atom. The van der Waals surface area contributed by atoms with Crippen LogP contribution in [0.4, 0.5) is 0 Å². The van der Waals surface area contributed by atoms with E-state index >= 15 is 0 Å². The van der Waals surface area contributed by atoms with Crippen LogP contribution < -0.4 is 5.32 Å². The van der Waals surface area contributed by atoms with Crippen LogP contribution in [0.3, 0.4) is 0 Å². The Hall–Kier alpha value is -0.470. The molecule has 1 saturated carbocycles. The molecule has 3 rings (SSSR count). The van der Waals surface area contributed by atoms with E-state index in [4.69, 9.17) is 0 Å². The number of hydrogen-bond donors (Lipinski definition) is 1. The number of rotatable bonds is 3. The summed E-state index contributed by atoms with van der Waals surface area (Å²) >= 11 is 2.01. The van der Waals surface area contributed by atoms with Crippen molar-refractivity contribution in [2.24, 2.45) is 11.8 Å². The lowest BCUT2D eigenvalue weighted by atomic mass is 9.80. The first kappa shape index (κ1) is 13.5. The molecule has 0 radical (unpaired) electrons. The second-order valence-electron chi connectivity index (χ2n) is 6.16. The molecule has 1 N–H and O–H groups in total. The van der Waals surface area contributed by atoms with Crippen molar-refractivity contribution in [3.05, 3.63) is 29.8 Å². The molecular formula is C17H25NS. The molecule has 3 unspecified atom stereocenters. The van der Waals surface area contributed by atoms with Crippen LogP contribution in [0, 0.1) is 11.8 Å². The SMILES string of the molecule is CC1CCCCC1CNC1CCSc2ccccc21. The van der Waals surface area contributed by atoms with Gasteiger partial charge in [0.05, 0.1) is 0 Å². The molecule has 0 bridgehead atoms. The summed E-state index contributed by atoms with van der Waals surface area (Å²) in [5.74, 6) is 3.07. The van der Waals surface area contributed by atoms with Gasteiger partial charge in [-0.3, -0.25) is 0 Å². The van der Waals surface area contributed by atoms with Crippen molar-refractivity contribution in [1.29, 1.82) is 0 Å². The van der Waals surface area contributed by atoms with E-state index in [2.05, 4.69) is 36.5 Å². The molecule has 3 atom stereocenters. The summed E-state index contributed by atoms with van der Waals surface area (Å²) in [7, 11) is 0. The van der Waals surface area contributed by atoms with Crippen molar-refractivity contribution < 1.29 is 0 Å². The lowest BCUT2D eigenvalue weighted by Crippen LogP contribution is -2.33. The maximum Gasteiger partial charge on any atom is 0.0339 e. The highest BCUT2D eigenvalue weighted by molar-refractivity contribution is 7.99. The van der Waals surface area contributed by atoms with Crippen molar-refractivity contribution in [2.75, 3.05) is 12.3 Å². The molecule has 0 amide bonds. The summed E-state index contributed by atoms with van der Waals surface area (Å²) in [6, 6.07) is 9.52. The zero-order chi connectivity index (χ0) is 13.1. The predicted molar refractivity (Wildman–Crippen MR) is 83.6 cm³/mol. The van der Waals surface area contributed by atoms with Gasteiger partial charge in [-0.1, -0.05) is 44.4 Å². The molecule has 0 saturated heterocycles. The van der Waals surface area contributed by atoms with Crippen LogP contribution in [0.1, 0.15) is 50.6 Å². The molecule has 104 valence electrons. The normalized spacial score (nSPS) is 30.9. The Balaban J connectivity index is 1.61. The highest BCUT2D eigenvalue weighted by Gasteiger charge is 2.24. The van der Waals surface area contributed by atoms with Crippen LogP contribution in [0.5, 0.6) is 0 Å². The summed E-state index contributed by atoms with van der Waals surface area (Å²) in [6.45, 7) is 3.65. The van der Waals surface area contributed by atoms with Crippen LogP contribution in [0.25, 0.3) is 0 Å². The highest BCUT2D eigenvalue weighted by Crippen LogP contribution is 2.36. The molecule has 2 heteroatoms. The average molecular weight is 275 g/mol. The van der Waals surface area contributed by atoms with Gasteiger partial charge in [-0.25, -0.2) is 0 Å². The number of hydrogen-bond acceptors (Lipinski definition) is 2. The lowest BCUT2D eigenvalue weighted by Gasteiger charge is -2.32. The molecule has 1 aromatic carbocycles. The number of nitrogens with one attached hydrogen (secondary N) is 1. The number of benzene rings is 1. The summed E-state index contributed by atoms with van der Waals surface area (Å²) in [5, 5.41) is 3.86. The zero-order valence-corrected chi connectivity index (χ0v) is 12.7. The van der Waals surface area contributed by atoms with Crippen molar-refractivity contribution in [3.8, 4) is 0 Å². The van der Waals surface area contributed by atoms with Crippen LogP contribution in [-0.2, 0) is 0 Å². The predicted octanol–water partition coefficient (Wildman–Crippen LogP) is 4.64. The van der Waals surface area contributed by atoms with Crippen LogP contribution in [0.15, 0.2) is 29.2 Å². The van der Waals surface area contributed by atoms with Gasteiger partial charge in [-0.05, 0) is 48.6 Å². The summed E-state index contributed by atoms with van der Waals surface area (Å²) < 4.78 is 0. The van der Waals surface area contributed by atoms with Gasteiger partial charge < -0.3 is 5.32 Å². The van der Waals surface area contributed by atoms with Crippen molar-refractivity contribution in [1.82, 2.24) is 5.32 Å². The first-order valence-electron chi connectivity index (χ1n) is 7.79. The fourth-order valence-corrected chi connectivity index (χ4v) is 4.67. The lowest BCUT2D eigenvalue weighted by molar-refractivity contribution is 0.239. The summed E-state index contributed by atoms with van der Waals surface area (Å²) in [6.07, 6.45) is 7.03. The van der Waals surface area contributed by atoms with E-state index in [1.54, 1.807) is 0 Å². The Morgan fingerprint density at radius 2 is 2.00 bits per heavy atom. The largest absolute Gasteiger partial charge is 0.310 e. The topological polar surface area (TPSA) is 12.0 Å². The third kappa shape index (κ3) is 3.17. The zero-order valence-electron chi connectivity index (χ0n) is 11.9. The first-order chi connectivity index (χ1) is 9.34. The van der Waals surface area contributed by atoms with Gasteiger partial charge in [0.1, 0.15) is 0 Å². The van der Waals surface area contributed by atoms with E-state index in [1.165, 1.54) is 54.9 Å². The molecule has 1 aliphatic heterocycles. The molecule has 1 aromatic rings. The first-order valence-corrected chi connectivity index (χ1v) is 8.78. The van der Waals surface area contributed by atoms with E-state index in [0.29, 0.717) is 6.04 Å². The third-order valence-corrected chi connectivity index (χ3v) is 6.00. The monoisotopic (exact) mass is 275 g/mol. The number of fused-ring (bicyclic) bond motifs is 1. The van der Waals surface area contributed by atoms with Crippen LogP contribution in [-0.4, -0.2) is 12.3 Å². The van der Waals surface area contributed by atoms with E-state index in [-0.39, 0.29) is 0 Å².